The molecule has 1 aromatic heterocycles. The smallest absolute Gasteiger partial charge is 0.285 e. The van der Waals surface area contributed by atoms with E-state index in [9.17, 15) is 4.79 Å². The number of benzene rings is 1. The Morgan fingerprint density at radius 2 is 2.09 bits per heavy atom. The van der Waals surface area contributed by atoms with Crippen molar-refractivity contribution in [1.29, 1.82) is 0 Å². The zero-order chi connectivity index (χ0) is 16.1. The number of hydrazone groups is 1. The molecule has 1 aromatic carbocycles. The van der Waals surface area contributed by atoms with Gasteiger partial charge in [-0.1, -0.05) is 23.2 Å². The molecular weight excluding hydrogens is 331 g/mol. The van der Waals surface area contributed by atoms with Gasteiger partial charge in [-0.3, -0.25) is 10.2 Å². The molecule has 0 bridgehead atoms. The van der Waals surface area contributed by atoms with Crippen LogP contribution < -0.4 is 20.5 Å². The number of anilines is 1. The second-order valence-corrected chi connectivity index (χ2v) is 4.82. The highest BCUT2D eigenvalue weighted by Crippen LogP contribution is 2.35. The molecule has 1 heterocycles. The van der Waals surface area contributed by atoms with E-state index in [2.05, 4.69) is 20.7 Å². The number of aromatic amines is 1. The maximum absolute atomic E-state index is 11.3. The van der Waals surface area contributed by atoms with Crippen molar-refractivity contribution in [2.75, 3.05) is 19.6 Å². The minimum absolute atomic E-state index is 0.0301. The Hall–Kier alpha value is -2.25. The SMILES string of the molecule is COc1cc(/C=N\Nc2cn[nH]c(=O)c2Cl)cc(Cl)c1OC. The van der Waals surface area contributed by atoms with Crippen LogP contribution in [0.5, 0.6) is 11.5 Å². The molecule has 7 nitrogen and oxygen atoms in total. The van der Waals surface area contributed by atoms with Crippen molar-refractivity contribution < 1.29 is 9.47 Å². The third-order valence-corrected chi connectivity index (χ3v) is 3.31. The quantitative estimate of drug-likeness (QED) is 0.643. The molecule has 9 heteroatoms. The number of hydrogen-bond donors (Lipinski definition) is 2. The Kier molecular flexibility index (Phi) is 5.24. The first-order valence-electron chi connectivity index (χ1n) is 6.00. The van der Waals surface area contributed by atoms with Gasteiger partial charge in [-0.05, 0) is 17.7 Å². The maximum atomic E-state index is 11.3. The predicted molar refractivity (Wildman–Crippen MR) is 85.6 cm³/mol. The summed E-state index contributed by atoms with van der Waals surface area (Å²) in [5.41, 5.74) is 3.08. The summed E-state index contributed by atoms with van der Waals surface area (Å²) in [6.07, 6.45) is 2.84. The summed E-state index contributed by atoms with van der Waals surface area (Å²) in [6, 6.07) is 3.36. The van der Waals surface area contributed by atoms with E-state index in [0.717, 1.165) is 0 Å². The fourth-order valence-corrected chi connectivity index (χ4v) is 2.08. The zero-order valence-electron chi connectivity index (χ0n) is 11.7. The number of aromatic nitrogens is 2. The first-order valence-corrected chi connectivity index (χ1v) is 6.76. The average molecular weight is 343 g/mol. The molecule has 0 atom stereocenters. The van der Waals surface area contributed by atoms with E-state index in [1.165, 1.54) is 26.6 Å². The number of methoxy groups -OCH3 is 2. The van der Waals surface area contributed by atoms with E-state index in [1.54, 1.807) is 12.1 Å². The van der Waals surface area contributed by atoms with Gasteiger partial charge in [0.25, 0.3) is 5.56 Å². The van der Waals surface area contributed by atoms with E-state index < -0.39 is 5.56 Å². The second kappa shape index (κ2) is 7.15. The Morgan fingerprint density at radius 3 is 2.77 bits per heavy atom. The average Bonchev–Trinajstić information content (AvgIpc) is 2.51. The summed E-state index contributed by atoms with van der Waals surface area (Å²) >= 11 is 11.9. The van der Waals surface area contributed by atoms with Crippen molar-refractivity contribution in [2.24, 2.45) is 5.10 Å². The summed E-state index contributed by atoms with van der Waals surface area (Å²) in [5.74, 6) is 0.920. The van der Waals surface area contributed by atoms with Crippen molar-refractivity contribution in [3.05, 3.63) is 44.3 Å². The van der Waals surface area contributed by atoms with Gasteiger partial charge in [-0.2, -0.15) is 10.2 Å². The molecule has 22 heavy (non-hydrogen) atoms. The van der Waals surface area contributed by atoms with Crippen LogP contribution in [0.3, 0.4) is 0 Å². The molecule has 0 aliphatic heterocycles. The molecule has 0 aliphatic rings. The molecule has 2 rings (SSSR count). The zero-order valence-corrected chi connectivity index (χ0v) is 13.2. The third kappa shape index (κ3) is 3.49. The Labute approximate surface area is 135 Å². The molecule has 0 spiro atoms. The van der Waals surface area contributed by atoms with Gasteiger partial charge in [-0.15, -0.1) is 0 Å². The molecule has 2 aromatic rings. The topological polar surface area (TPSA) is 88.6 Å². The third-order valence-electron chi connectivity index (χ3n) is 2.65. The first kappa shape index (κ1) is 16.1. The lowest BCUT2D eigenvalue weighted by molar-refractivity contribution is 0.355. The summed E-state index contributed by atoms with van der Waals surface area (Å²) < 4.78 is 10.3. The molecule has 0 radical (unpaired) electrons. The van der Waals surface area contributed by atoms with Gasteiger partial charge in [0.2, 0.25) is 0 Å². The van der Waals surface area contributed by atoms with Gasteiger partial charge < -0.3 is 9.47 Å². The molecule has 2 N–H and O–H groups in total. The van der Waals surface area contributed by atoms with Crippen molar-refractivity contribution in [1.82, 2.24) is 10.2 Å². The van der Waals surface area contributed by atoms with E-state index >= 15 is 0 Å². The normalized spacial score (nSPS) is 10.7. The van der Waals surface area contributed by atoms with Crippen LogP contribution in [0.15, 0.2) is 28.2 Å². The lowest BCUT2D eigenvalue weighted by atomic mass is 10.2. The van der Waals surface area contributed by atoms with Crippen LogP contribution in [0.25, 0.3) is 0 Å². The fourth-order valence-electron chi connectivity index (χ4n) is 1.65. The number of nitrogens with one attached hydrogen (secondary N) is 2. The minimum atomic E-state index is -0.504. The summed E-state index contributed by atoms with van der Waals surface area (Å²) in [7, 11) is 3.01. The van der Waals surface area contributed by atoms with E-state index in [1.807, 2.05) is 0 Å². The van der Waals surface area contributed by atoms with Crippen molar-refractivity contribution in [3.63, 3.8) is 0 Å². The molecule has 0 saturated heterocycles. The second-order valence-electron chi connectivity index (χ2n) is 4.04. The predicted octanol–water partition coefficient (Wildman–Crippen LogP) is 2.54. The van der Waals surface area contributed by atoms with Crippen LogP contribution in [-0.4, -0.2) is 30.6 Å². The lowest BCUT2D eigenvalue weighted by Crippen LogP contribution is -2.10. The first-order chi connectivity index (χ1) is 10.6. The molecule has 0 amide bonds. The minimum Gasteiger partial charge on any atom is -0.493 e. The van der Waals surface area contributed by atoms with Gasteiger partial charge in [-0.25, -0.2) is 5.10 Å². The van der Waals surface area contributed by atoms with E-state index in [4.69, 9.17) is 32.7 Å². The number of ether oxygens (including phenoxy) is 2. The Balaban J connectivity index is 2.22. The van der Waals surface area contributed by atoms with E-state index in [0.29, 0.717) is 22.1 Å². The molecule has 0 aliphatic carbocycles. The van der Waals surface area contributed by atoms with Crippen LogP contribution in [0.4, 0.5) is 5.69 Å². The van der Waals surface area contributed by atoms with Gasteiger partial charge in [0.05, 0.1) is 31.7 Å². The molecule has 0 fully saturated rings. The summed E-state index contributed by atoms with van der Waals surface area (Å²) in [6.45, 7) is 0. The van der Waals surface area contributed by atoms with Crippen molar-refractivity contribution >= 4 is 35.1 Å². The van der Waals surface area contributed by atoms with Gasteiger partial charge >= 0.3 is 0 Å². The van der Waals surface area contributed by atoms with Crippen LogP contribution >= 0.6 is 23.2 Å². The van der Waals surface area contributed by atoms with Crippen LogP contribution in [-0.2, 0) is 0 Å². The van der Waals surface area contributed by atoms with Gasteiger partial charge in [0.15, 0.2) is 11.5 Å². The molecular formula is C13H12Cl2N4O3. The maximum Gasteiger partial charge on any atom is 0.285 e. The standard InChI is InChI=1S/C13H12Cl2N4O3/c1-21-10-4-7(3-8(14)12(10)22-2)5-16-18-9-6-17-19-13(20)11(9)15/h3-6H,1-2H3,(H2,18,19,20)/b16-5-. The van der Waals surface area contributed by atoms with Crippen LogP contribution in [0, 0.1) is 0 Å². The molecule has 0 unspecified atom stereocenters. The monoisotopic (exact) mass is 342 g/mol. The lowest BCUT2D eigenvalue weighted by Gasteiger charge is -2.10. The highest BCUT2D eigenvalue weighted by molar-refractivity contribution is 6.33. The Bertz CT molecular complexity index is 761. The highest BCUT2D eigenvalue weighted by atomic mass is 35.5. The highest BCUT2D eigenvalue weighted by Gasteiger charge is 2.10. The number of nitrogens with zero attached hydrogens (tertiary/aromatic N) is 2. The largest absolute Gasteiger partial charge is 0.493 e. The van der Waals surface area contributed by atoms with Crippen molar-refractivity contribution in [3.8, 4) is 11.5 Å². The van der Waals surface area contributed by atoms with Crippen molar-refractivity contribution in [2.45, 2.75) is 0 Å². The summed E-state index contributed by atoms with van der Waals surface area (Å²) in [5, 5.41) is 10.2. The summed E-state index contributed by atoms with van der Waals surface area (Å²) in [4.78, 5) is 11.3. The van der Waals surface area contributed by atoms with Crippen LogP contribution in [0.2, 0.25) is 10.0 Å². The van der Waals surface area contributed by atoms with Gasteiger partial charge in [0, 0.05) is 0 Å². The fraction of sp³-hybridized carbons (Fsp3) is 0.154. The number of hydrogen-bond acceptors (Lipinski definition) is 6. The Morgan fingerprint density at radius 1 is 1.32 bits per heavy atom. The van der Waals surface area contributed by atoms with E-state index in [-0.39, 0.29) is 10.7 Å². The molecule has 0 saturated carbocycles. The molecule has 116 valence electrons. The number of rotatable bonds is 5. The number of H-pyrrole nitrogens is 1. The van der Waals surface area contributed by atoms with Gasteiger partial charge in [0.1, 0.15) is 10.7 Å². The number of halogens is 2. The van der Waals surface area contributed by atoms with Crippen LogP contribution in [0.1, 0.15) is 5.56 Å².